The lowest BCUT2D eigenvalue weighted by molar-refractivity contribution is -0.137. The zero-order valence-corrected chi connectivity index (χ0v) is 17.4. The van der Waals surface area contributed by atoms with E-state index >= 15 is 0 Å². The van der Waals surface area contributed by atoms with Crippen LogP contribution in [0.3, 0.4) is 0 Å². The lowest BCUT2D eigenvalue weighted by Gasteiger charge is -2.25. The van der Waals surface area contributed by atoms with Gasteiger partial charge in [-0.1, -0.05) is 35.2 Å². The molecule has 1 aromatic carbocycles. The number of anilines is 1. The summed E-state index contributed by atoms with van der Waals surface area (Å²) in [6.07, 6.45) is 2.54. The van der Waals surface area contributed by atoms with Crippen molar-refractivity contribution < 1.29 is 13.2 Å². The van der Waals surface area contributed by atoms with E-state index in [4.69, 9.17) is 4.98 Å². The van der Waals surface area contributed by atoms with Crippen LogP contribution < -0.4 is 4.90 Å². The molecule has 2 aromatic heterocycles. The first-order valence-electron chi connectivity index (χ1n) is 9.26. The van der Waals surface area contributed by atoms with E-state index < -0.39 is 11.7 Å². The maximum Gasteiger partial charge on any atom is 0.416 e. The quantitative estimate of drug-likeness (QED) is 0.371. The lowest BCUT2D eigenvalue weighted by Crippen LogP contribution is -2.29. The summed E-state index contributed by atoms with van der Waals surface area (Å²) in [4.78, 5) is 16.5. The average Bonchev–Trinajstić information content (AvgIpc) is 3.19. The number of piperidine rings is 1. The molecule has 3 aromatic rings. The van der Waals surface area contributed by atoms with Gasteiger partial charge in [-0.25, -0.2) is 15.0 Å². The molecule has 0 unspecified atom stereocenters. The van der Waals surface area contributed by atoms with E-state index in [0.717, 1.165) is 48.1 Å². The standard InChI is InChI=1S/C20H19F3N4S2/c1-28-18-24-9-8-15(25-18)17-16(13-6-5-7-14(12-13)20(21,22)23)26-19(29-17)27-10-3-2-4-11-27/h5-9,12H,2-4,10-11H2,1H3. The third-order valence-corrected chi connectivity index (χ3v) is 6.45. The summed E-state index contributed by atoms with van der Waals surface area (Å²) < 4.78 is 39.8. The molecule has 4 nitrogen and oxygen atoms in total. The first kappa shape index (κ1) is 20.2. The van der Waals surface area contributed by atoms with Crippen LogP contribution in [-0.4, -0.2) is 34.3 Å². The zero-order valence-electron chi connectivity index (χ0n) is 15.7. The van der Waals surface area contributed by atoms with E-state index in [0.29, 0.717) is 22.1 Å². The van der Waals surface area contributed by atoms with Crippen LogP contribution in [0.2, 0.25) is 0 Å². The van der Waals surface area contributed by atoms with Crippen molar-refractivity contribution >= 4 is 28.2 Å². The maximum absolute atomic E-state index is 13.3. The van der Waals surface area contributed by atoms with Gasteiger partial charge in [0.1, 0.15) is 0 Å². The molecule has 9 heteroatoms. The Bertz CT molecular complexity index is 997. The van der Waals surface area contributed by atoms with Crippen molar-refractivity contribution in [3.05, 3.63) is 42.1 Å². The number of hydrogen-bond donors (Lipinski definition) is 0. The molecule has 0 saturated carbocycles. The molecule has 0 N–H and O–H groups in total. The molecule has 0 spiro atoms. The Balaban J connectivity index is 1.84. The van der Waals surface area contributed by atoms with Crippen LogP contribution in [0.5, 0.6) is 0 Å². The number of halogens is 3. The number of benzene rings is 1. The van der Waals surface area contributed by atoms with E-state index in [2.05, 4.69) is 14.9 Å². The Kier molecular flexibility index (Phi) is 5.78. The fourth-order valence-corrected chi connectivity index (χ4v) is 4.77. The highest BCUT2D eigenvalue weighted by Crippen LogP contribution is 2.41. The molecule has 1 saturated heterocycles. The lowest BCUT2D eigenvalue weighted by atomic mass is 10.1. The summed E-state index contributed by atoms with van der Waals surface area (Å²) in [5, 5.41) is 1.45. The molecule has 1 aliphatic heterocycles. The van der Waals surface area contributed by atoms with Gasteiger partial charge in [0, 0.05) is 24.8 Å². The first-order valence-corrected chi connectivity index (χ1v) is 11.3. The Morgan fingerprint density at radius 2 is 1.86 bits per heavy atom. The van der Waals surface area contributed by atoms with Crippen LogP contribution in [-0.2, 0) is 6.18 Å². The van der Waals surface area contributed by atoms with Crippen molar-refractivity contribution in [3.8, 4) is 21.8 Å². The van der Waals surface area contributed by atoms with Crippen molar-refractivity contribution in [2.45, 2.75) is 30.6 Å². The maximum atomic E-state index is 13.3. The highest BCUT2D eigenvalue weighted by molar-refractivity contribution is 7.98. The van der Waals surface area contributed by atoms with Crippen LogP contribution in [0, 0.1) is 0 Å². The summed E-state index contributed by atoms with van der Waals surface area (Å²) in [6.45, 7) is 1.82. The smallest absolute Gasteiger partial charge is 0.348 e. The minimum Gasteiger partial charge on any atom is -0.348 e. The number of rotatable bonds is 4. The molecule has 1 aliphatic rings. The summed E-state index contributed by atoms with van der Waals surface area (Å²) in [5.41, 5.74) is 0.976. The normalized spacial score (nSPS) is 15.0. The van der Waals surface area contributed by atoms with Gasteiger partial charge in [-0.15, -0.1) is 0 Å². The second-order valence-electron chi connectivity index (χ2n) is 6.73. The molecule has 3 heterocycles. The van der Waals surface area contributed by atoms with Gasteiger partial charge in [0.25, 0.3) is 0 Å². The minimum atomic E-state index is -4.40. The van der Waals surface area contributed by atoms with Crippen molar-refractivity contribution in [2.24, 2.45) is 0 Å². The third-order valence-electron chi connectivity index (χ3n) is 4.75. The van der Waals surface area contributed by atoms with Gasteiger partial charge in [0.05, 0.1) is 21.8 Å². The molecule has 0 radical (unpaired) electrons. The summed E-state index contributed by atoms with van der Waals surface area (Å²) in [6, 6.07) is 7.12. The Labute approximate surface area is 175 Å². The molecule has 0 amide bonds. The predicted octanol–water partition coefficient (Wildman–Crippen LogP) is 6.00. The van der Waals surface area contributed by atoms with E-state index in [1.807, 2.05) is 6.26 Å². The number of hydrogen-bond acceptors (Lipinski definition) is 6. The van der Waals surface area contributed by atoms with Crippen molar-refractivity contribution in [1.82, 2.24) is 15.0 Å². The number of thioether (sulfide) groups is 1. The fraction of sp³-hybridized carbons (Fsp3) is 0.350. The zero-order chi connectivity index (χ0) is 20.4. The molecule has 4 rings (SSSR count). The highest BCUT2D eigenvalue weighted by Gasteiger charge is 2.31. The van der Waals surface area contributed by atoms with E-state index in [9.17, 15) is 13.2 Å². The predicted molar refractivity (Wildman–Crippen MR) is 111 cm³/mol. The first-order chi connectivity index (χ1) is 14.0. The molecule has 0 bridgehead atoms. The molecular weight excluding hydrogens is 417 g/mol. The molecular formula is C20H19F3N4S2. The second-order valence-corrected chi connectivity index (χ2v) is 8.48. The summed E-state index contributed by atoms with van der Waals surface area (Å²) >= 11 is 2.90. The van der Waals surface area contributed by atoms with Crippen molar-refractivity contribution in [3.63, 3.8) is 0 Å². The fourth-order valence-electron chi connectivity index (χ4n) is 3.31. The number of thiazole rings is 1. The Morgan fingerprint density at radius 3 is 2.59 bits per heavy atom. The monoisotopic (exact) mass is 436 g/mol. The van der Waals surface area contributed by atoms with E-state index in [1.165, 1.54) is 35.6 Å². The molecule has 0 aliphatic carbocycles. The Hall–Kier alpha value is -2.13. The van der Waals surface area contributed by atoms with Gasteiger partial charge in [0.15, 0.2) is 10.3 Å². The average molecular weight is 437 g/mol. The van der Waals surface area contributed by atoms with Crippen molar-refractivity contribution in [1.29, 1.82) is 0 Å². The topological polar surface area (TPSA) is 41.9 Å². The van der Waals surface area contributed by atoms with Gasteiger partial charge >= 0.3 is 6.18 Å². The van der Waals surface area contributed by atoms with Crippen LogP contribution in [0.4, 0.5) is 18.3 Å². The van der Waals surface area contributed by atoms with Crippen LogP contribution >= 0.6 is 23.1 Å². The van der Waals surface area contributed by atoms with Crippen LogP contribution in [0.25, 0.3) is 21.8 Å². The summed E-state index contributed by atoms with van der Waals surface area (Å²) in [7, 11) is 0. The molecule has 1 fully saturated rings. The highest BCUT2D eigenvalue weighted by atomic mass is 32.2. The number of alkyl halides is 3. The number of aromatic nitrogens is 3. The minimum absolute atomic E-state index is 0.443. The Morgan fingerprint density at radius 1 is 1.07 bits per heavy atom. The van der Waals surface area contributed by atoms with Gasteiger partial charge in [-0.2, -0.15) is 13.2 Å². The SMILES string of the molecule is CSc1nccc(-c2sc(N3CCCCC3)nc2-c2cccc(C(F)(F)F)c2)n1. The van der Waals surface area contributed by atoms with E-state index in [-0.39, 0.29) is 0 Å². The van der Waals surface area contributed by atoms with Gasteiger partial charge in [-0.3, -0.25) is 0 Å². The van der Waals surface area contributed by atoms with Gasteiger partial charge in [0.2, 0.25) is 0 Å². The second kappa shape index (κ2) is 8.31. The van der Waals surface area contributed by atoms with E-state index in [1.54, 1.807) is 18.3 Å². The van der Waals surface area contributed by atoms with Gasteiger partial charge < -0.3 is 4.90 Å². The largest absolute Gasteiger partial charge is 0.416 e. The van der Waals surface area contributed by atoms with Crippen LogP contribution in [0.15, 0.2) is 41.7 Å². The number of nitrogens with zero attached hydrogens (tertiary/aromatic N) is 4. The molecule has 152 valence electrons. The molecule has 29 heavy (non-hydrogen) atoms. The van der Waals surface area contributed by atoms with Crippen molar-refractivity contribution in [2.75, 3.05) is 24.2 Å². The third kappa shape index (κ3) is 4.40. The summed E-state index contributed by atoms with van der Waals surface area (Å²) in [5.74, 6) is 0. The molecule has 0 atom stereocenters. The van der Waals surface area contributed by atoms with Crippen LogP contribution in [0.1, 0.15) is 24.8 Å². The van der Waals surface area contributed by atoms with Gasteiger partial charge in [-0.05, 0) is 43.7 Å².